The van der Waals surface area contributed by atoms with Gasteiger partial charge in [0.05, 0.1) is 19.4 Å². The van der Waals surface area contributed by atoms with E-state index >= 15 is 0 Å². The highest BCUT2D eigenvalue weighted by Gasteiger charge is 2.43. The number of aliphatic imine (C=N–C) groups is 1. The van der Waals surface area contributed by atoms with Crippen LogP contribution in [0.4, 0.5) is 0 Å². The number of rotatable bonds is 8. The van der Waals surface area contributed by atoms with E-state index in [1.807, 2.05) is 23.9 Å². The standard InChI is InChI=1S/C19H24N4O2S/c1-20-18(22-13-17(24)21-12-15-6-5-11-25-15)23-14-19(9-10-19)26-16-7-3-2-4-8-16/h2-8,11H,9-10,12-14H2,1H3,(H,21,24)(H2,20,22,23). The van der Waals surface area contributed by atoms with Crippen LogP contribution in [0.15, 0.2) is 63.0 Å². The second-order valence-electron chi connectivity index (χ2n) is 6.23. The summed E-state index contributed by atoms with van der Waals surface area (Å²) in [5.74, 6) is 1.26. The Morgan fingerprint density at radius 1 is 1.15 bits per heavy atom. The zero-order valence-corrected chi connectivity index (χ0v) is 15.6. The van der Waals surface area contributed by atoms with E-state index < -0.39 is 0 Å². The van der Waals surface area contributed by atoms with E-state index in [9.17, 15) is 4.79 Å². The molecule has 1 aromatic carbocycles. The van der Waals surface area contributed by atoms with Gasteiger partial charge in [-0.25, -0.2) is 0 Å². The number of furan rings is 1. The minimum absolute atomic E-state index is 0.107. The fraction of sp³-hybridized carbons (Fsp3) is 0.368. The Labute approximate surface area is 157 Å². The quantitative estimate of drug-likeness (QED) is 0.490. The van der Waals surface area contributed by atoms with Gasteiger partial charge in [0.15, 0.2) is 5.96 Å². The number of carbonyl (C=O) groups excluding carboxylic acids is 1. The van der Waals surface area contributed by atoms with E-state index in [0.29, 0.717) is 12.5 Å². The molecule has 7 heteroatoms. The van der Waals surface area contributed by atoms with E-state index in [-0.39, 0.29) is 17.2 Å². The predicted molar refractivity (Wildman–Crippen MR) is 104 cm³/mol. The second-order valence-corrected chi connectivity index (χ2v) is 7.78. The van der Waals surface area contributed by atoms with Crippen LogP contribution in [0.3, 0.4) is 0 Å². The Morgan fingerprint density at radius 2 is 1.96 bits per heavy atom. The maximum absolute atomic E-state index is 11.9. The molecule has 3 N–H and O–H groups in total. The fourth-order valence-electron chi connectivity index (χ4n) is 2.48. The summed E-state index contributed by atoms with van der Waals surface area (Å²) >= 11 is 1.91. The van der Waals surface area contributed by atoms with Crippen LogP contribution in [0.25, 0.3) is 0 Å². The lowest BCUT2D eigenvalue weighted by Gasteiger charge is -2.18. The molecule has 0 unspecified atom stereocenters. The third-order valence-electron chi connectivity index (χ3n) is 4.14. The van der Waals surface area contributed by atoms with Crippen molar-refractivity contribution in [3.05, 3.63) is 54.5 Å². The van der Waals surface area contributed by atoms with Gasteiger partial charge in [0.1, 0.15) is 5.76 Å². The first kappa shape index (κ1) is 18.4. The number of amides is 1. The lowest BCUT2D eigenvalue weighted by molar-refractivity contribution is -0.120. The molecule has 0 bridgehead atoms. The van der Waals surface area contributed by atoms with Crippen molar-refractivity contribution >= 4 is 23.6 Å². The van der Waals surface area contributed by atoms with Crippen LogP contribution in [0, 0.1) is 0 Å². The van der Waals surface area contributed by atoms with Gasteiger partial charge in [-0.2, -0.15) is 0 Å². The first-order chi connectivity index (χ1) is 12.7. The summed E-state index contributed by atoms with van der Waals surface area (Å²) in [5.41, 5.74) is 0. The third-order valence-corrected chi connectivity index (χ3v) is 5.64. The normalized spacial score (nSPS) is 15.3. The molecule has 6 nitrogen and oxygen atoms in total. The fourth-order valence-corrected chi connectivity index (χ4v) is 3.73. The summed E-state index contributed by atoms with van der Waals surface area (Å²) in [7, 11) is 1.71. The molecule has 0 atom stereocenters. The Kier molecular flexibility index (Phi) is 6.22. The summed E-state index contributed by atoms with van der Waals surface area (Å²) in [6.45, 7) is 1.37. The number of benzene rings is 1. The van der Waals surface area contributed by atoms with Crippen molar-refractivity contribution < 1.29 is 9.21 Å². The smallest absolute Gasteiger partial charge is 0.239 e. The number of thioether (sulfide) groups is 1. The third kappa shape index (κ3) is 5.56. The maximum atomic E-state index is 11.9. The Balaban J connectivity index is 1.38. The number of nitrogens with zero attached hydrogens (tertiary/aromatic N) is 1. The van der Waals surface area contributed by atoms with Crippen LogP contribution in [0.2, 0.25) is 0 Å². The van der Waals surface area contributed by atoms with Crippen molar-refractivity contribution in [3.63, 3.8) is 0 Å². The summed E-state index contributed by atoms with van der Waals surface area (Å²) in [4.78, 5) is 17.4. The number of hydrogen-bond acceptors (Lipinski definition) is 4. The first-order valence-corrected chi connectivity index (χ1v) is 9.48. The number of guanidine groups is 1. The van der Waals surface area contributed by atoms with Crippen molar-refractivity contribution in [2.45, 2.75) is 29.0 Å². The zero-order valence-electron chi connectivity index (χ0n) is 14.8. The van der Waals surface area contributed by atoms with E-state index in [1.165, 1.54) is 17.7 Å². The highest BCUT2D eigenvalue weighted by molar-refractivity contribution is 8.01. The minimum Gasteiger partial charge on any atom is -0.467 e. The van der Waals surface area contributed by atoms with Crippen molar-refractivity contribution in [1.82, 2.24) is 16.0 Å². The monoisotopic (exact) mass is 372 g/mol. The van der Waals surface area contributed by atoms with Crippen molar-refractivity contribution in [2.75, 3.05) is 20.1 Å². The molecule has 1 aromatic heterocycles. The molecule has 0 spiro atoms. The van der Waals surface area contributed by atoms with Gasteiger partial charge in [-0.15, -0.1) is 11.8 Å². The first-order valence-electron chi connectivity index (χ1n) is 8.67. The molecule has 1 heterocycles. The number of nitrogens with one attached hydrogen (secondary N) is 3. The van der Waals surface area contributed by atoms with Crippen LogP contribution in [0.1, 0.15) is 18.6 Å². The molecule has 1 aliphatic carbocycles. The highest BCUT2D eigenvalue weighted by Crippen LogP contribution is 2.51. The molecule has 138 valence electrons. The van der Waals surface area contributed by atoms with Crippen LogP contribution in [-0.4, -0.2) is 36.8 Å². The van der Waals surface area contributed by atoms with Gasteiger partial charge >= 0.3 is 0 Å². The summed E-state index contributed by atoms with van der Waals surface area (Å²) in [6, 6.07) is 14.1. The van der Waals surface area contributed by atoms with E-state index in [4.69, 9.17) is 4.42 Å². The van der Waals surface area contributed by atoms with E-state index in [0.717, 1.165) is 12.3 Å². The molecule has 3 rings (SSSR count). The Morgan fingerprint density at radius 3 is 2.62 bits per heavy atom. The van der Waals surface area contributed by atoms with E-state index in [1.54, 1.807) is 19.4 Å². The minimum atomic E-state index is -0.107. The van der Waals surface area contributed by atoms with Crippen LogP contribution in [0.5, 0.6) is 0 Å². The maximum Gasteiger partial charge on any atom is 0.239 e. The molecule has 0 aliphatic heterocycles. The molecule has 2 aromatic rings. The highest BCUT2D eigenvalue weighted by atomic mass is 32.2. The second kappa shape index (κ2) is 8.80. The van der Waals surface area contributed by atoms with Gasteiger partial charge in [-0.3, -0.25) is 9.79 Å². The molecule has 0 radical (unpaired) electrons. The zero-order chi connectivity index (χ0) is 18.2. The molecular formula is C19H24N4O2S. The van der Waals surface area contributed by atoms with Crippen LogP contribution < -0.4 is 16.0 Å². The van der Waals surface area contributed by atoms with Gasteiger partial charge in [0, 0.05) is 23.2 Å². The average molecular weight is 372 g/mol. The topological polar surface area (TPSA) is 78.7 Å². The molecule has 0 saturated heterocycles. The number of carbonyl (C=O) groups is 1. The largest absolute Gasteiger partial charge is 0.467 e. The molecule has 26 heavy (non-hydrogen) atoms. The average Bonchev–Trinajstić information content (AvgIpc) is 3.21. The summed E-state index contributed by atoms with van der Waals surface area (Å²) in [6.07, 6.45) is 3.95. The number of hydrogen-bond donors (Lipinski definition) is 3. The van der Waals surface area contributed by atoms with Crippen molar-refractivity contribution in [3.8, 4) is 0 Å². The van der Waals surface area contributed by atoms with Gasteiger partial charge in [0.2, 0.25) is 5.91 Å². The molecule has 1 fully saturated rings. The van der Waals surface area contributed by atoms with Crippen molar-refractivity contribution in [1.29, 1.82) is 0 Å². The van der Waals surface area contributed by atoms with Crippen molar-refractivity contribution in [2.24, 2.45) is 4.99 Å². The van der Waals surface area contributed by atoms with E-state index in [2.05, 4.69) is 45.2 Å². The van der Waals surface area contributed by atoms with Gasteiger partial charge in [-0.05, 0) is 37.1 Å². The molecular weight excluding hydrogens is 348 g/mol. The predicted octanol–water partition coefficient (Wildman–Crippen LogP) is 2.39. The van der Waals surface area contributed by atoms with Gasteiger partial charge < -0.3 is 20.4 Å². The molecule has 1 amide bonds. The molecule has 1 aliphatic rings. The van der Waals surface area contributed by atoms with Crippen LogP contribution in [-0.2, 0) is 11.3 Å². The lowest BCUT2D eigenvalue weighted by atomic mass is 10.4. The summed E-state index contributed by atoms with van der Waals surface area (Å²) in [5, 5.41) is 9.19. The van der Waals surface area contributed by atoms with Crippen LogP contribution >= 0.6 is 11.8 Å². The van der Waals surface area contributed by atoms with Gasteiger partial charge in [0.25, 0.3) is 0 Å². The lowest BCUT2D eigenvalue weighted by Crippen LogP contribution is -2.45. The Hall–Kier alpha value is -2.41. The SMILES string of the molecule is CN=C(NCC(=O)NCc1ccco1)NCC1(Sc2ccccc2)CC1. The molecule has 1 saturated carbocycles. The van der Waals surface area contributed by atoms with Gasteiger partial charge in [-0.1, -0.05) is 18.2 Å². The Bertz CT molecular complexity index is 727. The summed E-state index contributed by atoms with van der Waals surface area (Å²) < 4.78 is 5.41.